The second-order valence-electron chi connectivity index (χ2n) is 4.54. The van der Waals surface area contributed by atoms with E-state index in [4.69, 9.17) is 16.7 Å². The quantitative estimate of drug-likeness (QED) is 0.811. The minimum absolute atomic E-state index is 0.00716. The van der Waals surface area contributed by atoms with Gasteiger partial charge in [-0.3, -0.25) is 14.5 Å². The molecule has 0 aliphatic heterocycles. The van der Waals surface area contributed by atoms with Gasteiger partial charge in [0.2, 0.25) is 5.91 Å². The van der Waals surface area contributed by atoms with Crippen LogP contribution < -0.4 is 5.32 Å². The predicted molar refractivity (Wildman–Crippen MR) is 79.0 cm³/mol. The van der Waals surface area contributed by atoms with Crippen LogP contribution in [0.1, 0.15) is 20.3 Å². The number of benzene rings is 1. The normalized spacial score (nSPS) is 12.2. The molecule has 1 unspecified atom stereocenters. The fraction of sp³-hybridized carbons (Fsp3) is 0.429. The van der Waals surface area contributed by atoms with Crippen molar-refractivity contribution in [1.82, 2.24) is 4.90 Å². The highest BCUT2D eigenvalue weighted by molar-refractivity contribution is 6.33. The molecule has 0 aromatic heterocycles. The Morgan fingerprint density at radius 3 is 2.60 bits per heavy atom. The van der Waals surface area contributed by atoms with Gasteiger partial charge in [-0.25, -0.2) is 0 Å². The Morgan fingerprint density at radius 2 is 2.05 bits per heavy atom. The standard InChI is InChI=1S/C14H19ClN2O3/c1-3-17(10(2)8-14(19)20)9-13(18)16-12-7-5-4-6-11(12)15/h4-7,10H,3,8-9H2,1-2H3,(H,16,18)(H,19,20). The van der Waals surface area contributed by atoms with Crippen molar-refractivity contribution in [2.24, 2.45) is 0 Å². The third kappa shape index (κ3) is 5.19. The first-order valence-corrected chi connectivity index (χ1v) is 6.82. The molecule has 6 heteroatoms. The molecule has 0 heterocycles. The van der Waals surface area contributed by atoms with Crippen LogP contribution in [0.4, 0.5) is 5.69 Å². The second-order valence-corrected chi connectivity index (χ2v) is 4.95. The average molecular weight is 299 g/mol. The number of hydrogen-bond donors (Lipinski definition) is 2. The molecule has 0 saturated heterocycles. The highest BCUT2D eigenvalue weighted by Gasteiger charge is 2.18. The predicted octanol–water partition coefficient (Wildman–Crippen LogP) is 2.46. The van der Waals surface area contributed by atoms with E-state index >= 15 is 0 Å². The van der Waals surface area contributed by atoms with E-state index in [1.807, 2.05) is 6.92 Å². The van der Waals surface area contributed by atoms with Crippen molar-refractivity contribution in [2.45, 2.75) is 26.3 Å². The zero-order valence-electron chi connectivity index (χ0n) is 11.6. The smallest absolute Gasteiger partial charge is 0.304 e. The van der Waals surface area contributed by atoms with E-state index in [0.29, 0.717) is 17.3 Å². The van der Waals surface area contributed by atoms with E-state index in [-0.39, 0.29) is 24.9 Å². The van der Waals surface area contributed by atoms with Gasteiger partial charge in [-0.15, -0.1) is 0 Å². The maximum atomic E-state index is 12.0. The van der Waals surface area contributed by atoms with Crippen molar-refractivity contribution in [3.05, 3.63) is 29.3 Å². The molecule has 1 rings (SSSR count). The molecular formula is C14H19ClN2O3. The number of rotatable bonds is 7. The second kappa shape index (κ2) is 7.87. The van der Waals surface area contributed by atoms with Gasteiger partial charge in [-0.2, -0.15) is 0 Å². The summed E-state index contributed by atoms with van der Waals surface area (Å²) in [4.78, 5) is 24.5. The number of nitrogens with zero attached hydrogens (tertiary/aromatic N) is 1. The third-order valence-corrected chi connectivity index (χ3v) is 3.32. The number of amides is 1. The number of anilines is 1. The van der Waals surface area contributed by atoms with Crippen LogP contribution in [0.5, 0.6) is 0 Å². The molecule has 20 heavy (non-hydrogen) atoms. The maximum Gasteiger partial charge on any atom is 0.304 e. The van der Waals surface area contributed by atoms with Crippen LogP contribution in [0.2, 0.25) is 5.02 Å². The molecule has 0 spiro atoms. The van der Waals surface area contributed by atoms with Crippen molar-refractivity contribution < 1.29 is 14.7 Å². The lowest BCUT2D eigenvalue weighted by atomic mass is 10.2. The van der Waals surface area contributed by atoms with Crippen LogP contribution in [0.15, 0.2) is 24.3 Å². The fourth-order valence-electron chi connectivity index (χ4n) is 1.90. The Labute approximate surface area is 123 Å². The summed E-state index contributed by atoms with van der Waals surface area (Å²) >= 11 is 5.96. The van der Waals surface area contributed by atoms with E-state index in [9.17, 15) is 9.59 Å². The fourth-order valence-corrected chi connectivity index (χ4v) is 2.08. The Kier molecular flexibility index (Phi) is 6.48. The highest BCUT2D eigenvalue weighted by Crippen LogP contribution is 2.20. The first-order valence-electron chi connectivity index (χ1n) is 6.44. The van der Waals surface area contributed by atoms with Gasteiger partial charge in [0.05, 0.1) is 23.7 Å². The number of carbonyl (C=O) groups is 2. The number of halogens is 1. The van der Waals surface area contributed by atoms with Gasteiger partial charge >= 0.3 is 5.97 Å². The lowest BCUT2D eigenvalue weighted by Gasteiger charge is -2.26. The summed E-state index contributed by atoms with van der Waals surface area (Å²) in [5.74, 6) is -1.08. The van der Waals surface area contributed by atoms with Crippen LogP contribution in [-0.4, -0.2) is 41.0 Å². The number of carboxylic acid groups (broad SMARTS) is 1. The van der Waals surface area contributed by atoms with Crippen molar-refractivity contribution in [3.8, 4) is 0 Å². The third-order valence-electron chi connectivity index (χ3n) is 2.99. The van der Waals surface area contributed by atoms with E-state index in [0.717, 1.165) is 0 Å². The Bertz CT molecular complexity index is 479. The molecule has 5 nitrogen and oxygen atoms in total. The van der Waals surface area contributed by atoms with Gasteiger partial charge in [0, 0.05) is 6.04 Å². The van der Waals surface area contributed by atoms with Gasteiger partial charge in [0.15, 0.2) is 0 Å². The number of nitrogens with one attached hydrogen (secondary N) is 1. The first-order chi connectivity index (χ1) is 9.43. The first kappa shape index (κ1) is 16.5. The van der Waals surface area contributed by atoms with Crippen molar-refractivity contribution >= 4 is 29.2 Å². The molecular weight excluding hydrogens is 280 g/mol. The van der Waals surface area contributed by atoms with E-state index in [1.54, 1.807) is 36.1 Å². The molecule has 1 aromatic rings. The van der Waals surface area contributed by atoms with E-state index in [1.165, 1.54) is 0 Å². The number of hydrogen-bond acceptors (Lipinski definition) is 3. The van der Waals surface area contributed by atoms with Gasteiger partial charge in [-0.1, -0.05) is 30.7 Å². The largest absolute Gasteiger partial charge is 0.481 e. The van der Waals surface area contributed by atoms with Gasteiger partial charge in [0.1, 0.15) is 0 Å². The van der Waals surface area contributed by atoms with Crippen LogP contribution in [0.3, 0.4) is 0 Å². The number of carbonyl (C=O) groups excluding carboxylic acids is 1. The topological polar surface area (TPSA) is 69.6 Å². The molecule has 0 fully saturated rings. The van der Waals surface area contributed by atoms with Crippen molar-refractivity contribution in [1.29, 1.82) is 0 Å². The molecule has 0 aliphatic carbocycles. The van der Waals surface area contributed by atoms with Gasteiger partial charge in [-0.05, 0) is 25.6 Å². The summed E-state index contributed by atoms with van der Waals surface area (Å²) in [6, 6.07) is 6.78. The molecule has 1 amide bonds. The summed E-state index contributed by atoms with van der Waals surface area (Å²) in [5, 5.41) is 12.0. The number of aliphatic carboxylic acids is 1. The SMILES string of the molecule is CCN(CC(=O)Nc1ccccc1Cl)C(C)CC(=O)O. The summed E-state index contributed by atoms with van der Waals surface area (Å²) < 4.78 is 0. The molecule has 0 radical (unpaired) electrons. The molecule has 0 aliphatic rings. The van der Waals surface area contributed by atoms with Crippen molar-refractivity contribution in [2.75, 3.05) is 18.4 Å². The molecule has 1 atom stereocenters. The summed E-state index contributed by atoms with van der Waals surface area (Å²) in [7, 11) is 0. The van der Waals surface area contributed by atoms with E-state index < -0.39 is 5.97 Å². The van der Waals surface area contributed by atoms with Gasteiger partial charge in [0.25, 0.3) is 0 Å². The molecule has 110 valence electrons. The van der Waals surface area contributed by atoms with Crippen LogP contribution in [-0.2, 0) is 9.59 Å². The Morgan fingerprint density at radius 1 is 1.40 bits per heavy atom. The molecule has 1 aromatic carbocycles. The summed E-state index contributed by atoms with van der Waals surface area (Å²) in [5.41, 5.74) is 0.557. The molecule has 0 saturated carbocycles. The molecule has 0 bridgehead atoms. The Balaban J connectivity index is 2.59. The monoisotopic (exact) mass is 298 g/mol. The minimum atomic E-state index is -0.873. The lowest BCUT2D eigenvalue weighted by molar-refractivity contribution is -0.138. The average Bonchev–Trinajstić information content (AvgIpc) is 2.37. The van der Waals surface area contributed by atoms with Crippen LogP contribution >= 0.6 is 11.6 Å². The summed E-state index contributed by atoms with van der Waals surface area (Å²) in [6.07, 6.45) is 0.00716. The zero-order valence-corrected chi connectivity index (χ0v) is 12.4. The number of likely N-dealkylation sites (N-methyl/N-ethyl adjacent to an activating group) is 1. The number of para-hydroxylation sites is 1. The zero-order chi connectivity index (χ0) is 15.1. The van der Waals surface area contributed by atoms with Crippen LogP contribution in [0, 0.1) is 0 Å². The van der Waals surface area contributed by atoms with Gasteiger partial charge < -0.3 is 10.4 Å². The maximum absolute atomic E-state index is 12.0. The number of carboxylic acids is 1. The highest BCUT2D eigenvalue weighted by atomic mass is 35.5. The van der Waals surface area contributed by atoms with Crippen molar-refractivity contribution in [3.63, 3.8) is 0 Å². The minimum Gasteiger partial charge on any atom is -0.481 e. The summed E-state index contributed by atoms with van der Waals surface area (Å²) in [6.45, 7) is 4.42. The Hall–Kier alpha value is -1.59. The van der Waals surface area contributed by atoms with E-state index in [2.05, 4.69) is 5.32 Å². The van der Waals surface area contributed by atoms with Crippen LogP contribution in [0.25, 0.3) is 0 Å². The lowest BCUT2D eigenvalue weighted by Crippen LogP contribution is -2.40. The molecule has 2 N–H and O–H groups in total.